The molecule has 2 N–H and O–H groups in total. The first-order valence-corrected chi connectivity index (χ1v) is 12.1. The van der Waals surface area contributed by atoms with Crippen LogP contribution in [0.5, 0.6) is 0 Å². The minimum absolute atomic E-state index is 0.390. The van der Waals surface area contributed by atoms with Gasteiger partial charge in [-0.3, -0.25) is 4.72 Å². The molecule has 0 aliphatic rings. The van der Waals surface area contributed by atoms with E-state index in [9.17, 15) is 8.42 Å². The van der Waals surface area contributed by atoms with Gasteiger partial charge < -0.3 is 5.32 Å². The largest absolute Gasteiger partial charge is 0.324 e. The molecule has 0 bridgehead atoms. The van der Waals surface area contributed by atoms with Crippen molar-refractivity contribution in [2.24, 2.45) is 0 Å². The lowest BCUT2D eigenvalue weighted by molar-refractivity contribution is 0.607. The van der Waals surface area contributed by atoms with E-state index < -0.39 is 10.0 Å². The van der Waals surface area contributed by atoms with E-state index >= 15 is 0 Å². The van der Waals surface area contributed by atoms with Crippen LogP contribution in [0, 0.1) is 6.92 Å². The molecule has 0 saturated carbocycles. The van der Waals surface area contributed by atoms with Crippen molar-refractivity contribution in [2.75, 3.05) is 16.3 Å². The lowest BCUT2D eigenvalue weighted by Gasteiger charge is -2.12. The number of anilines is 3. The molecule has 4 aromatic rings. The third-order valence-electron chi connectivity index (χ3n) is 4.76. The molecule has 4 rings (SSSR count). The van der Waals surface area contributed by atoms with E-state index in [-0.39, 0.29) is 0 Å². The van der Waals surface area contributed by atoms with Crippen LogP contribution in [0.15, 0.2) is 79.0 Å². The van der Waals surface area contributed by atoms with Crippen molar-refractivity contribution in [1.29, 1.82) is 0 Å². The van der Waals surface area contributed by atoms with Crippen LogP contribution >= 0.6 is 11.6 Å². The van der Waals surface area contributed by atoms with Crippen molar-refractivity contribution in [1.82, 2.24) is 9.97 Å². The molecule has 0 saturated heterocycles. The Morgan fingerprint density at radius 2 is 1.59 bits per heavy atom. The summed E-state index contributed by atoms with van der Waals surface area (Å²) in [5.74, 6) is 0.390. The van der Waals surface area contributed by atoms with Crippen LogP contribution in [0.4, 0.5) is 17.3 Å². The summed E-state index contributed by atoms with van der Waals surface area (Å²) in [4.78, 5) is 8.93. The zero-order valence-corrected chi connectivity index (χ0v) is 19.1. The molecular weight excluding hydrogens is 444 g/mol. The summed E-state index contributed by atoms with van der Waals surface area (Å²) in [7, 11) is -3.34. The SMILES string of the molecule is Cc1cc(NS(C)(=O)=O)ccc1Nc1ncc(Cl)c(-c2cccc(-c3ccccc3)c2)n1. The first-order chi connectivity index (χ1) is 15.3. The second-order valence-electron chi connectivity index (χ2n) is 7.37. The van der Waals surface area contributed by atoms with Crippen LogP contribution in [0.2, 0.25) is 5.02 Å². The molecule has 0 spiro atoms. The van der Waals surface area contributed by atoms with Gasteiger partial charge >= 0.3 is 0 Å². The van der Waals surface area contributed by atoms with Gasteiger partial charge in [-0.05, 0) is 47.9 Å². The average molecular weight is 465 g/mol. The number of rotatable bonds is 6. The first-order valence-electron chi connectivity index (χ1n) is 9.82. The van der Waals surface area contributed by atoms with Crippen molar-refractivity contribution in [2.45, 2.75) is 6.92 Å². The van der Waals surface area contributed by atoms with E-state index in [1.807, 2.05) is 49.4 Å². The zero-order chi connectivity index (χ0) is 22.7. The molecule has 0 unspecified atom stereocenters. The molecule has 0 fully saturated rings. The highest BCUT2D eigenvalue weighted by Crippen LogP contribution is 2.31. The Balaban J connectivity index is 1.63. The lowest BCUT2D eigenvalue weighted by Crippen LogP contribution is -2.09. The molecule has 32 heavy (non-hydrogen) atoms. The predicted molar refractivity (Wildman–Crippen MR) is 131 cm³/mol. The molecule has 1 aromatic heterocycles. The standard InChI is InChI=1S/C24H21ClN4O2S/c1-16-13-20(29-32(2,30)31)11-12-22(16)27-24-26-15-21(25)23(28-24)19-10-6-9-18(14-19)17-7-4-3-5-8-17/h3-15,29H,1-2H3,(H,26,27,28). The molecule has 1 heterocycles. The minimum Gasteiger partial charge on any atom is -0.324 e. The first kappa shape index (κ1) is 21.8. The van der Waals surface area contributed by atoms with Gasteiger partial charge in [-0.1, -0.05) is 60.1 Å². The fraction of sp³-hybridized carbons (Fsp3) is 0.0833. The molecule has 0 amide bonds. The van der Waals surface area contributed by atoms with E-state index in [0.717, 1.165) is 34.2 Å². The topological polar surface area (TPSA) is 84.0 Å². The average Bonchev–Trinajstić information content (AvgIpc) is 2.76. The van der Waals surface area contributed by atoms with Gasteiger partial charge in [0.25, 0.3) is 0 Å². The van der Waals surface area contributed by atoms with Crippen LogP contribution < -0.4 is 10.0 Å². The third kappa shape index (κ3) is 5.25. The van der Waals surface area contributed by atoms with Gasteiger partial charge in [0.15, 0.2) is 0 Å². The summed E-state index contributed by atoms with van der Waals surface area (Å²) in [5.41, 5.74) is 5.76. The summed E-state index contributed by atoms with van der Waals surface area (Å²) in [6.45, 7) is 1.87. The molecular formula is C24H21ClN4O2S. The second-order valence-corrected chi connectivity index (χ2v) is 9.52. The van der Waals surface area contributed by atoms with Crippen molar-refractivity contribution in [3.63, 3.8) is 0 Å². The number of aromatic nitrogens is 2. The number of sulfonamides is 1. The van der Waals surface area contributed by atoms with Crippen molar-refractivity contribution < 1.29 is 8.42 Å². The van der Waals surface area contributed by atoms with Crippen molar-refractivity contribution >= 4 is 38.9 Å². The minimum atomic E-state index is -3.34. The van der Waals surface area contributed by atoms with Gasteiger partial charge in [-0.25, -0.2) is 18.4 Å². The number of benzene rings is 3. The molecule has 0 aliphatic carbocycles. The predicted octanol–water partition coefficient (Wildman–Crippen LogP) is 5.89. The summed E-state index contributed by atoms with van der Waals surface area (Å²) in [5, 5.41) is 3.64. The second kappa shape index (κ2) is 8.98. The maximum Gasteiger partial charge on any atom is 0.229 e. The normalized spacial score (nSPS) is 11.2. The monoisotopic (exact) mass is 464 g/mol. The third-order valence-corrected chi connectivity index (χ3v) is 5.65. The van der Waals surface area contributed by atoms with E-state index in [4.69, 9.17) is 11.6 Å². The summed E-state index contributed by atoms with van der Waals surface area (Å²) in [6, 6.07) is 23.3. The molecule has 6 nitrogen and oxygen atoms in total. The van der Waals surface area contributed by atoms with Gasteiger partial charge in [0, 0.05) is 16.9 Å². The smallest absolute Gasteiger partial charge is 0.229 e. The maximum absolute atomic E-state index is 11.4. The van der Waals surface area contributed by atoms with E-state index in [2.05, 4.69) is 32.1 Å². The molecule has 3 aromatic carbocycles. The van der Waals surface area contributed by atoms with Crippen LogP contribution in [-0.2, 0) is 10.0 Å². The van der Waals surface area contributed by atoms with Gasteiger partial charge in [-0.15, -0.1) is 0 Å². The van der Waals surface area contributed by atoms with E-state index in [1.54, 1.807) is 24.4 Å². The number of nitrogens with one attached hydrogen (secondary N) is 2. The van der Waals surface area contributed by atoms with Crippen molar-refractivity contribution in [3.8, 4) is 22.4 Å². The fourth-order valence-electron chi connectivity index (χ4n) is 3.31. The Kier molecular flexibility index (Phi) is 6.12. The van der Waals surface area contributed by atoms with Gasteiger partial charge in [0.1, 0.15) is 0 Å². The highest BCUT2D eigenvalue weighted by atomic mass is 35.5. The number of aryl methyl sites for hydroxylation is 1. The Hall–Kier alpha value is -3.42. The van der Waals surface area contributed by atoms with Crippen LogP contribution in [0.25, 0.3) is 22.4 Å². The van der Waals surface area contributed by atoms with E-state index in [1.165, 1.54) is 0 Å². The zero-order valence-electron chi connectivity index (χ0n) is 17.5. The summed E-state index contributed by atoms with van der Waals surface area (Å²) >= 11 is 6.43. The lowest BCUT2D eigenvalue weighted by atomic mass is 10.0. The number of hydrogen-bond acceptors (Lipinski definition) is 5. The van der Waals surface area contributed by atoms with Crippen molar-refractivity contribution in [3.05, 3.63) is 89.6 Å². The highest BCUT2D eigenvalue weighted by Gasteiger charge is 2.11. The van der Waals surface area contributed by atoms with Gasteiger partial charge in [0.2, 0.25) is 16.0 Å². The summed E-state index contributed by atoms with van der Waals surface area (Å²) in [6.07, 6.45) is 2.68. The maximum atomic E-state index is 11.4. The number of halogens is 1. The molecule has 0 radical (unpaired) electrons. The summed E-state index contributed by atoms with van der Waals surface area (Å²) < 4.78 is 25.4. The Morgan fingerprint density at radius 1 is 0.875 bits per heavy atom. The van der Waals surface area contributed by atoms with E-state index in [0.29, 0.717) is 22.4 Å². The van der Waals surface area contributed by atoms with Gasteiger partial charge in [-0.2, -0.15) is 0 Å². The van der Waals surface area contributed by atoms with Crippen LogP contribution in [-0.4, -0.2) is 24.6 Å². The van der Waals surface area contributed by atoms with Crippen LogP contribution in [0.3, 0.4) is 0 Å². The quantitative estimate of drug-likeness (QED) is 0.372. The molecule has 0 atom stereocenters. The highest BCUT2D eigenvalue weighted by molar-refractivity contribution is 7.92. The van der Waals surface area contributed by atoms with Gasteiger partial charge in [0.05, 0.1) is 23.2 Å². The molecule has 8 heteroatoms. The molecule has 162 valence electrons. The number of nitrogens with zero attached hydrogens (tertiary/aromatic N) is 2. The Labute approximate surface area is 192 Å². The Morgan fingerprint density at radius 3 is 2.31 bits per heavy atom. The molecule has 0 aliphatic heterocycles. The number of hydrogen-bond donors (Lipinski definition) is 2. The van der Waals surface area contributed by atoms with Crippen LogP contribution in [0.1, 0.15) is 5.56 Å². The Bertz CT molecular complexity index is 1380. The fourth-order valence-corrected chi connectivity index (χ4v) is 4.06.